The van der Waals surface area contributed by atoms with Gasteiger partial charge >= 0.3 is 6.03 Å². The Morgan fingerprint density at radius 1 is 1.55 bits per heavy atom. The average molecular weight is 275 g/mol. The first-order chi connectivity index (χ1) is 9.65. The Morgan fingerprint density at radius 2 is 2.35 bits per heavy atom. The van der Waals surface area contributed by atoms with Crippen LogP contribution >= 0.6 is 0 Å². The van der Waals surface area contributed by atoms with Crippen molar-refractivity contribution in [1.82, 2.24) is 15.2 Å². The van der Waals surface area contributed by atoms with Gasteiger partial charge in [-0.3, -0.25) is 10.4 Å². The van der Waals surface area contributed by atoms with Crippen LogP contribution in [0, 0.1) is 5.41 Å². The molecule has 4 N–H and O–H groups in total. The van der Waals surface area contributed by atoms with Crippen molar-refractivity contribution in [3.05, 3.63) is 30.1 Å². The Bertz CT molecular complexity index is 458. The molecule has 20 heavy (non-hydrogen) atoms. The van der Waals surface area contributed by atoms with Crippen molar-refractivity contribution in [2.45, 2.75) is 38.3 Å². The molecule has 0 spiro atoms. The lowest BCUT2D eigenvalue weighted by molar-refractivity contribution is 0.185. The first-order valence-electron chi connectivity index (χ1n) is 6.92. The van der Waals surface area contributed by atoms with Crippen LogP contribution < -0.4 is 11.1 Å². The Morgan fingerprint density at radius 3 is 2.90 bits per heavy atom. The second kappa shape index (κ2) is 6.88. The highest BCUT2D eigenvalue weighted by Crippen LogP contribution is 2.18. The maximum absolute atomic E-state index is 12.2. The quantitative estimate of drug-likeness (QED) is 0.542. The average Bonchev–Trinajstić information content (AvgIpc) is 2.39. The van der Waals surface area contributed by atoms with E-state index in [0.29, 0.717) is 25.6 Å². The highest BCUT2D eigenvalue weighted by atomic mass is 16.2. The monoisotopic (exact) mass is 275 g/mol. The number of urea groups is 1. The SMILES string of the molecule is N=C(N)CCN(Cc1cccnc1)C(=O)NC1CCC1. The molecule has 2 amide bonds. The van der Waals surface area contributed by atoms with Crippen LogP contribution in [-0.4, -0.2) is 34.3 Å². The van der Waals surface area contributed by atoms with Gasteiger partial charge in [0.15, 0.2) is 0 Å². The van der Waals surface area contributed by atoms with E-state index < -0.39 is 0 Å². The summed E-state index contributed by atoms with van der Waals surface area (Å²) in [5, 5.41) is 10.3. The van der Waals surface area contributed by atoms with Gasteiger partial charge in [0.05, 0.1) is 5.84 Å². The highest BCUT2D eigenvalue weighted by molar-refractivity contribution is 5.79. The number of amides is 2. The number of pyridine rings is 1. The third kappa shape index (κ3) is 4.22. The molecule has 0 radical (unpaired) electrons. The number of nitrogens with two attached hydrogens (primary N) is 1. The molecular formula is C14H21N5O. The van der Waals surface area contributed by atoms with Crippen LogP contribution in [0.15, 0.2) is 24.5 Å². The van der Waals surface area contributed by atoms with Crippen LogP contribution in [0.5, 0.6) is 0 Å². The van der Waals surface area contributed by atoms with E-state index in [0.717, 1.165) is 18.4 Å². The standard InChI is InChI=1S/C14H21N5O/c15-13(16)6-8-19(10-11-3-2-7-17-9-11)14(20)18-12-4-1-5-12/h2-3,7,9,12H,1,4-6,8,10H2,(H3,15,16)(H,18,20). The number of nitrogens with zero attached hydrogens (tertiary/aromatic N) is 2. The van der Waals surface area contributed by atoms with Crippen LogP contribution in [0.25, 0.3) is 0 Å². The fourth-order valence-electron chi connectivity index (χ4n) is 2.04. The minimum absolute atomic E-state index is 0.0835. The van der Waals surface area contributed by atoms with E-state index in [1.54, 1.807) is 17.3 Å². The number of amidine groups is 1. The lowest BCUT2D eigenvalue weighted by Gasteiger charge is -2.30. The molecule has 1 aromatic heterocycles. The number of hydrogen-bond acceptors (Lipinski definition) is 3. The predicted molar refractivity (Wildman–Crippen MR) is 77.3 cm³/mol. The van der Waals surface area contributed by atoms with Gasteiger partial charge in [-0.05, 0) is 30.9 Å². The Balaban J connectivity index is 1.95. The van der Waals surface area contributed by atoms with E-state index in [4.69, 9.17) is 11.1 Å². The van der Waals surface area contributed by atoms with Crippen molar-refractivity contribution in [3.63, 3.8) is 0 Å². The summed E-state index contributed by atoms with van der Waals surface area (Å²) >= 11 is 0. The van der Waals surface area contributed by atoms with E-state index in [1.165, 1.54) is 6.42 Å². The largest absolute Gasteiger partial charge is 0.388 e. The molecule has 6 heteroatoms. The predicted octanol–water partition coefficient (Wildman–Crippen LogP) is 1.47. The fraction of sp³-hybridized carbons (Fsp3) is 0.500. The maximum atomic E-state index is 12.2. The molecule has 0 saturated heterocycles. The van der Waals surface area contributed by atoms with Crippen molar-refractivity contribution < 1.29 is 4.79 Å². The zero-order valence-electron chi connectivity index (χ0n) is 11.5. The van der Waals surface area contributed by atoms with Crippen LogP contribution in [0.3, 0.4) is 0 Å². The topological polar surface area (TPSA) is 95.1 Å². The summed E-state index contributed by atoms with van der Waals surface area (Å²) in [4.78, 5) is 18.0. The van der Waals surface area contributed by atoms with E-state index in [1.807, 2.05) is 12.1 Å². The molecular weight excluding hydrogens is 254 g/mol. The third-order valence-electron chi connectivity index (χ3n) is 3.47. The summed E-state index contributed by atoms with van der Waals surface area (Å²) in [5.41, 5.74) is 6.36. The van der Waals surface area contributed by atoms with Crippen molar-refractivity contribution in [2.24, 2.45) is 5.73 Å². The minimum Gasteiger partial charge on any atom is -0.388 e. The molecule has 108 valence electrons. The van der Waals surface area contributed by atoms with Crippen LogP contribution in [0.1, 0.15) is 31.2 Å². The van der Waals surface area contributed by atoms with Crippen LogP contribution in [-0.2, 0) is 6.54 Å². The van der Waals surface area contributed by atoms with Gasteiger partial charge in [0, 0.05) is 37.9 Å². The fourth-order valence-corrected chi connectivity index (χ4v) is 2.04. The van der Waals surface area contributed by atoms with Gasteiger partial charge in [-0.15, -0.1) is 0 Å². The molecule has 1 aromatic rings. The van der Waals surface area contributed by atoms with Gasteiger partial charge in [-0.25, -0.2) is 4.79 Å². The van der Waals surface area contributed by atoms with Gasteiger partial charge in [-0.2, -0.15) is 0 Å². The molecule has 0 unspecified atom stereocenters. The summed E-state index contributed by atoms with van der Waals surface area (Å²) in [6.45, 7) is 0.933. The number of hydrogen-bond donors (Lipinski definition) is 3. The Labute approximate surface area is 118 Å². The first-order valence-corrected chi connectivity index (χ1v) is 6.92. The van der Waals surface area contributed by atoms with E-state index in [2.05, 4.69) is 10.3 Å². The van der Waals surface area contributed by atoms with E-state index in [-0.39, 0.29) is 11.9 Å². The molecule has 0 bridgehead atoms. The number of carbonyl (C=O) groups is 1. The van der Waals surface area contributed by atoms with Gasteiger partial charge in [0.1, 0.15) is 0 Å². The summed E-state index contributed by atoms with van der Waals surface area (Å²) < 4.78 is 0. The van der Waals surface area contributed by atoms with Crippen molar-refractivity contribution in [2.75, 3.05) is 6.54 Å². The Kier molecular flexibility index (Phi) is 4.92. The van der Waals surface area contributed by atoms with E-state index in [9.17, 15) is 4.79 Å². The Hall–Kier alpha value is -2.11. The molecule has 1 aliphatic rings. The normalized spacial score (nSPS) is 14.4. The molecule has 0 aromatic carbocycles. The summed E-state index contributed by atoms with van der Waals surface area (Å²) in [6, 6.07) is 4.00. The minimum atomic E-state index is -0.0835. The maximum Gasteiger partial charge on any atom is 0.317 e. The lowest BCUT2D eigenvalue weighted by atomic mass is 9.93. The second-order valence-corrected chi connectivity index (χ2v) is 5.14. The number of aromatic nitrogens is 1. The number of rotatable bonds is 6. The third-order valence-corrected chi connectivity index (χ3v) is 3.47. The van der Waals surface area contributed by atoms with Crippen molar-refractivity contribution in [1.29, 1.82) is 5.41 Å². The van der Waals surface area contributed by atoms with Gasteiger partial charge in [0.25, 0.3) is 0 Å². The molecule has 1 fully saturated rings. The molecule has 1 aliphatic carbocycles. The zero-order valence-corrected chi connectivity index (χ0v) is 11.5. The summed E-state index contributed by atoms with van der Waals surface area (Å²) in [6.07, 6.45) is 7.13. The first kappa shape index (κ1) is 14.3. The van der Waals surface area contributed by atoms with Crippen molar-refractivity contribution >= 4 is 11.9 Å². The number of nitrogens with one attached hydrogen (secondary N) is 2. The molecule has 1 heterocycles. The van der Waals surface area contributed by atoms with Gasteiger partial charge in [-0.1, -0.05) is 6.07 Å². The highest BCUT2D eigenvalue weighted by Gasteiger charge is 2.22. The zero-order chi connectivity index (χ0) is 14.4. The molecule has 6 nitrogen and oxygen atoms in total. The number of carbonyl (C=O) groups excluding carboxylic acids is 1. The van der Waals surface area contributed by atoms with Crippen LogP contribution in [0.2, 0.25) is 0 Å². The second-order valence-electron chi connectivity index (χ2n) is 5.14. The smallest absolute Gasteiger partial charge is 0.317 e. The molecule has 2 rings (SSSR count). The van der Waals surface area contributed by atoms with E-state index >= 15 is 0 Å². The van der Waals surface area contributed by atoms with Gasteiger partial charge in [0.2, 0.25) is 0 Å². The molecule has 0 aliphatic heterocycles. The molecule has 1 saturated carbocycles. The summed E-state index contributed by atoms with van der Waals surface area (Å²) in [5.74, 6) is 0.0950. The lowest BCUT2D eigenvalue weighted by Crippen LogP contribution is -2.47. The van der Waals surface area contributed by atoms with Crippen LogP contribution in [0.4, 0.5) is 4.79 Å². The van der Waals surface area contributed by atoms with Crippen molar-refractivity contribution in [3.8, 4) is 0 Å². The van der Waals surface area contributed by atoms with Gasteiger partial charge < -0.3 is 16.0 Å². The molecule has 0 atom stereocenters. The summed E-state index contributed by atoms with van der Waals surface area (Å²) in [7, 11) is 0.